The lowest BCUT2D eigenvalue weighted by molar-refractivity contribution is 0.322. The number of nitrogens with zero attached hydrogens (tertiary/aromatic N) is 1. The monoisotopic (exact) mass is 431 g/mol. The first-order valence-corrected chi connectivity index (χ1v) is 7.87. The van der Waals surface area contributed by atoms with E-state index in [9.17, 15) is 0 Å². The van der Waals surface area contributed by atoms with Crippen molar-refractivity contribution in [1.29, 1.82) is 0 Å². The van der Waals surface area contributed by atoms with Crippen LogP contribution in [0.4, 0.5) is 0 Å². The highest BCUT2D eigenvalue weighted by atomic mass is 127. The quantitative estimate of drug-likeness (QED) is 0.319. The molecule has 0 unspecified atom stereocenters. The first-order valence-electron chi connectivity index (χ1n) is 6.93. The van der Waals surface area contributed by atoms with Crippen molar-refractivity contribution in [3.63, 3.8) is 0 Å². The highest BCUT2D eigenvalue weighted by Crippen LogP contribution is 2.10. The fourth-order valence-electron chi connectivity index (χ4n) is 1.77. The van der Waals surface area contributed by atoms with Crippen LogP contribution in [-0.2, 0) is 6.54 Å². The van der Waals surface area contributed by atoms with Crippen molar-refractivity contribution in [2.75, 3.05) is 20.2 Å². The average Bonchev–Trinajstić information content (AvgIpc) is 3.02. The number of benzene rings is 1. The van der Waals surface area contributed by atoms with Crippen molar-refractivity contribution < 1.29 is 4.74 Å². The molecule has 1 heterocycles. The van der Waals surface area contributed by atoms with Crippen molar-refractivity contribution in [3.05, 3.63) is 52.2 Å². The Labute approximate surface area is 153 Å². The van der Waals surface area contributed by atoms with Gasteiger partial charge in [-0.25, -0.2) is 0 Å². The van der Waals surface area contributed by atoms with E-state index >= 15 is 0 Å². The molecule has 6 heteroatoms. The van der Waals surface area contributed by atoms with Crippen LogP contribution in [0.1, 0.15) is 11.1 Å². The number of hydrogen-bond donors (Lipinski definition) is 2. The Kier molecular flexibility index (Phi) is 8.91. The van der Waals surface area contributed by atoms with Crippen LogP contribution >= 0.6 is 35.3 Å². The summed E-state index contributed by atoms with van der Waals surface area (Å²) in [5, 5.41) is 10.7. The van der Waals surface area contributed by atoms with Gasteiger partial charge in [0.15, 0.2) is 5.96 Å². The Balaban J connectivity index is 0.00000242. The lowest BCUT2D eigenvalue weighted by Crippen LogP contribution is -2.38. The van der Waals surface area contributed by atoms with Crippen LogP contribution in [0.3, 0.4) is 0 Å². The zero-order chi connectivity index (χ0) is 14.9. The van der Waals surface area contributed by atoms with Crippen LogP contribution in [0.5, 0.6) is 5.75 Å². The molecule has 120 valence electrons. The topological polar surface area (TPSA) is 45.7 Å². The van der Waals surface area contributed by atoms with Crippen LogP contribution in [0.15, 0.2) is 46.1 Å². The normalized spacial score (nSPS) is 10.7. The van der Waals surface area contributed by atoms with Gasteiger partial charge in [-0.2, -0.15) is 11.3 Å². The number of thiophene rings is 1. The molecule has 0 saturated carbocycles. The number of halogens is 1. The minimum absolute atomic E-state index is 0. The summed E-state index contributed by atoms with van der Waals surface area (Å²) in [5.41, 5.74) is 2.50. The number of hydrogen-bond acceptors (Lipinski definition) is 3. The van der Waals surface area contributed by atoms with E-state index in [2.05, 4.69) is 39.4 Å². The van der Waals surface area contributed by atoms with E-state index in [1.54, 1.807) is 18.4 Å². The second kappa shape index (κ2) is 10.4. The summed E-state index contributed by atoms with van der Waals surface area (Å²) in [7, 11) is 1.77. The Morgan fingerprint density at radius 2 is 1.95 bits per heavy atom. The van der Waals surface area contributed by atoms with Gasteiger partial charge in [-0.15, -0.1) is 24.0 Å². The summed E-state index contributed by atoms with van der Waals surface area (Å²) in [6.45, 7) is 4.15. The van der Waals surface area contributed by atoms with Gasteiger partial charge in [0.1, 0.15) is 12.4 Å². The molecule has 0 aliphatic carbocycles. The van der Waals surface area contributed by atoms with E-state index in [-0.39, 0.29) is 24.0 Å². The molecular formula is C16H22IN3OS. The van der Waals surface area contributed by atoms with Crippen LogP contribution < -0.4 is 15.4 Å². The van der Waals surface area contributed by atoms with Crippen LogP contribution in [0, 0.1) is 6.92 Å². The number of aliphatic imine (C=N–C) groups is 1. The molecule has 0 aliphatic heterocycles. The molecule has 0 spiro atoms. The molecule has 0 atom stereocenters. The summed E-state index contributed by atoms with van der Waals surface area (Å²) in [5.74, 6) is 1.68. The van der Waals surface area contributed by atoms with Gasteiger partial charge in [0.2, 0.25) is 0 Å². The zero-order valence-corrected chi connectivity index (χ0v) is 16.0. The van der Waals surface area contributed by atoms with Crippen LogP contribution in [0.2, 0.25) is 0 Å². The number of ether oxygens (including phenoxy) is 1. The molecule has 0 bridgehead atoms. The number of rotatable bonds is 6. The molecule has 0 fully saturated rings. The Morgan fingerprint density at radius 1 is 1.18 bits per heavy atom. The Morgan fingerprint density at radius 3 is 2.59 bits per heavy atom. The highest BCUT2D eigenvalue weighted by Gasteiger charge is 1.99. The maximum Gasteiger partial charge on any atom is 0.191 e. The van der Waals surface area contributed by atoms with E-state index in [1.807, 2.05) is 24.3 Å². The van der Waals surface area contributed by atoms with Gasteiger partial charge in [0.25, 0.3) is 0 Å². The van der Waals surface area contributed by atoms with Crippen molar-refractivity contribution in [3.8, 4) is 5.75 Å². The lowest BCUT2D eigenvalue weighted by atomic mass is 10.2. The Hall–Kier alpha value is -1.28. The first-order chi connectivity index (χ1) is 10.3. The zero-order valence-electron chi connectivity index (χ0n) is 12.8. The third-order valence-corrected chi connectivity index (χ3v) is 3.68. The fourth-order valence-corrected chi connectivity index (χ4v) is 2.44. The van der Waals surface area contributed by atoms with Gasteiger partial charge in [-0.3, -0.25) is 4.99 Å². The van der Waals surface area contributed by atoms with Crippen molar-refractivity contribution in [1.82, 2.24) is 10.6 Å². The second-order valence-electron chi connectivity index (χ2n) is 4.65. The summed E-state index contributed by atoms with van der Waals surface area (Å²) in [4.78, 5) is 4.19. The molecule has 0 radical (unpaired) electrons. The molecule has 4 nitrogen and oxygen atoms in total. The van der Waals surface area contributed by atoms with Crippen molar-refractivity contribution >= 4 is 41.3 Å². The third-order valence-electron chi connectivity index (χ3n) is 2.95. The van der Waals surface area contributed by atoms with Gasteiger partial charge in [-0.05, 0) is 41.4 Å². The van der Waals surface area contributed by atoms with Gasteiger partial charge in [-0.1, -0.05) is 17.7 Å². The maximum atomic E-state index is 5.66. The molecule has 1 aromatic carbocycles. The predicted molar refractivity (Wildman–Crippen MR) is 105 cm³/mol. The minimum Gasteiger partial charge on any atom is -0.492 e. The maximum absolute atomic E-state index is 5.66. The molecule has 2 N–H and O–H groups in total. The van der Waals surface area contributed by atoms with E-state index in [0.717, 1.165) is 18.3 Å². The smallest absolute Gasteiger partial charge is 0.191 e. The molecular weight excluding hydrogens is 409 g/mol. The van der Waals surface area contributed by atoms with Gasteiger partial charge in [0, 0.05) is 13.6 Å². The largest absolute Gasteiger partial charge is 0.492 e. The molecule has 0 amide bonds. The molecule has 22 heavy (non-hydrogen) atoms. The van der Waals surface area contributed by atoms with E-state index in [1.165, 1.54) is 11.1 Å². The molecule has 1 aromatic heterocycles. The Bertz CT molecular complexity index is 555. The standard InChI is InChI=1S/C16H21N3OS.HI/c1-13-3-5-15(6-4-13)20-9-8-18-16(17-2)19-11-14-7-10-21-12-14;/h3-7,10,12H,8-9,11H2,1-2H3,(H2,17,18,19);1H. The van der Waals surface area contributed by atoms with E-state index < -0.39 is 0 Å². The van der Waals surface area contributed by atoms with Gasteiger partial charge in [0.05, 0.1) is 6.54 Å². The number of aryl methyl sites for hydroxylation is 1. The molecule has 2 rings (SSSR count). The van der Waals surface area contributed by atoms with Crippen LogP contribution in [-0.4, -0.2) is 26.2 Å². The predicted octanol–water partition coefficient (Wildman–Crippen LogP) is 3.42. The first kappa shape index (κ1) is 18.8. The van der Waals surface area contributed by atoms with E-state index in [0.29, 0.717) is 13.2 Å². The second-order valence-corrected chi connectivity index (χ2v) is 5.43. The number of nitrogens with one attached hydrogen (secondary N) is 2. The minimum atomic E-state index is 0. The molecule has 2 aromatic rings. The molecule has 0 saturated heterocycles. The van der Waals surface area contributed by atoms with Gasteiger partial charge < -0.3 is 15.4 Å². The molecule has 0 aliphatic rings. The highest BCUT2D eigenvalue weighted by molar-refractivity contribution is 14.0. The summed E-state index contributed by atoms with van der Waals surface area (Å²) >= 11 is 1.70. The summed E-state index contributed by atoms with van der Waals surface area (Å²) in [6, 6.07) is 10.2. The number of guanidine groups is 1. The average molecular weight is 431 g/mol. The lowest BCUT2D eigenvalue weighted by Gasteiger charge is -2.12. The van der Waals surface area contributed by atoms with Crippen LogP contribution in [0.25, 0.3) is 0 Å². The summed E-state index contributed by atoms with van der Waals surface area (Å²) in [6.07, 6.45) is 0. The third kappa shape index (κ3) is 6.65. The van der Waals surface area contributed by atoms with Crippen molar-refractivity contribution in [2.24, 2.45) is 4.99 Å². The SMILES string of the molecule is CN=C(NCCOc1ccc(C)cc1)NCc1ccsc1.I. The van der Waals surface area contributed by atoms with E-state index in [4.69, 9.17) is 4.74 Å². The van der Waals surface area contributed by atoms with Crippen molar-refractivity contribution in [2.45, 2.75) is 13.5 Å². The van der Waals surface area contributed by atoms with Gasteiger partial charge >= 0.3 is 0 Å². The fraction of sp³-hybridized carbons (Fsp3) is 0.312. The summed E-state index contributed by atoms with van der Waals surface area (Å²) < 4.78 is 5.66.